The van der Waals surface area contributed by atoms with Crippen LogP contribution in [0.1, 0.15) is 11.1 Å². The number of ether oxygens (including phenoxy) is 1. The standard InChI is InChI=1S/C16H25N3O/c1-17-11-14-10-15-13(12-18(14)2)4-3-5-16(15)19-6-8-20-9-7-19/h3-5,14,17H,6-12H2,1-2H3. The summed E-state index contributed by atoms with van der Waals surface area (Å²) >= 11 is 0. The maximum absolute atomic E-state index is 5.48. The molecule has 2 aliphatic heterocycles. The Morgan fingerprint density at radius 3 is 2.85 bits per heavy atom. The molecule has 1 aromatic rings. The first-order valence-electron chi connectivity index (χ1n) is 7.58. The van der Waals surface area contributed by atoms with Crippen LogP contribution in [0.15, 0.2) is 18.2 Å². The Bertz CT molecular complexity index is 457. The van der Waals surface area contributed by atoms with Crippen LogP contribution in [-0.4, -0.2) is 57.9 Å². The number of fused-ring (bicyclic) bond motifs is 1. The summed E-state index contributed by atoms with van der Waals surface area (Å²) in [6, 6.07) is 7.36. The molecule has 1 N–H and O–H groups in total. The van der Waals surface area contributed by atoms with Gasteiger partial charge in [0.1, 0.15) is 0 Å². The summed E-state index contributed by atoms with van der Waals surface area (Å²) in [7, 11) is 4.27. The number of hydrogen-bond donors (Lipinski definition) is 1. The van der Waals surface area contributed by atoms with Crippen molar-refractivity contribution >= 4 is 5.69 Å². The minimum absolute atomic E-state index is 0.592. The van der Waals surface area contributed by atoms with Crippen LogP contribution < -0.4 is 10.2 Å². The average molecular weight is 275 g/mol. The van der Waals surface area contributed by atoms with Gasteiger partial charge >= 0.3 is 0 Å². The van der Waals surface area contributed by atoms with Crippen LogP contribution in [0.5, 0.6) is 0 Å². The van der Waals surface area contributed by atoms with E-state index >= 15 is 0 Å². The van der Waals surface area contributed by atoms with Gasteiger partial charge in [-0.1, -0.05) is 12.1 Å². The second kappa shape index (κ2) is 6.12. The van der Waals surface area contributed by atoms with Crippen molar-refractivity contribution in [3.63, 3.8) is 0 Å². The van der Waals surface area contributed by atoms with E-state index in [9.17, 15) is 0 Å². The fourth-order valence-electron chi connectivity index (χ4n) is 3.36. The summed E-state index contributed by atoms with van der Waals surface area (Å²) in [5.41, 5.74) is 4.47. The first-order chi connectivity index (χ1) is 9.79. The van der Waals surface area contributed by atoms with E-state index in [2.05, 4.69) is 40.4 Å². The van der Waals surface area contributed by atoms with Crippen LogP contribution in [-0.2, 0) is 17.7 Å². The van der Waals surface area contributed by atoms with Crippen LogP contribution in [0, 0.1) is 0 Å². The summed E-state index contributed by atoms with van der Waals surface area (Å²) in [5.74, 6) is 0. The van der Waals surface area contributed by atoms with Crippen molar-refractivity contribution < 1.29 is 4.74 Å². The van der Waals surface area contributed by atoms with Crippen LogP contribution in [0.2, 0.25) is 0 Å². The normalized spacial score (nSPS) is 23.7. The zero-order chi connectivity index (χ0) is 13.9. The van der Waals surface area contributed by atoms with Crippen molar-refractivity contribution in [2.45, 2.75) is 19.0 Å². The molecule has 110 valence electrons. The molecule has 0 aromatic heterocycles. The van der Waals surface area contributed by atoms with Crippen molar-refractivity contribution in [1.29, 1.82) is 0 Å². The molecule has 2 heterocycles. The molecule has 0 bridgehead atoms. The fourth-order valence-corrected chi connectivity index (χ4v) is 3.36. The molecule has 0 amide bonds. The van der Waals surface area contributed by atoms with Crippen molar-refractivity contribution in [2.75, 3.05) is 51.8 Å². The van der Waals surface area contributed by atoms with Crippen LogP contribution >= 0.6 is 0 Å². The molecule has 3 rings (SSSR count). The van der Waals surface area contributed by atoms with E-state index in [0.29, 0.717) is 6.04 Å². The van der Waals surface area contributed by atoms with Crippen LogP contribution in [0.25, 0.3) is 0 Å². The molecule has 20 heavy (non-hydrogen) atoms. The van der Waals surface area contributed by atoms with Gasteiger partial charge < -0.3 is 15.0 Å². The molecule has 1 fully saturated rings. The van der Waals surface area contributed by atoms with E-state index in [-0.39, 0.29) is 0 Å². The summed E-state index contributed by atoms with van der Waals surface area (Å²) in [5, 5.41) is 3.32. The molecular formula is C16H25N3O. The highest BCUT2D eigenvalue weighted by Crippen LogP contribution is 2.31. The van der Waals surface area contributed by atoms with Crippen LogP contribution in [0.4, 0.5) is 5.69 Å². The quantitative estimate of drug-likeness (QED) is 0.894. The van der Waals surface area contributed by atoms with Gasteiger partial charge in [0, 0.05) is 37.9 Å². The molecule has 0 saturated carbocycles. The molecule has 1 unspecified atom stereocenters. The van der Waals surface area contributed by atoms with E-state index in [1.165, 1.54) is 11.3 Å². The number of hydrogen-bond acceptors (Lipinski definition) is 4. The second-order valence-corrected chi connectivity index (χ2v) is 5.84. The van der Waals surface area contributed by atoms with E-state index in [0.717, 1.165) is 45.8 Å². The van der Waals surface area contributed by atoms with Crippen LogP contribution in [0.3, 0.4) is 0 Å². The third kappa shape index (κ3) is 2.68. The third-order valence-corrected chi connectivity index (χ3v) is 4.52. The number of rotatable bonds is 3. The Labute approximate surface area is 121 Å². The first kappa shape index (κ1) is 13.9. The summed E-state index contributed by atoms with van der Waals surface area (Å²) in [4.78, 5) is 4.95. The Hall–Kier alpha value is -1.10. The van der Waals surface area contributed by atoms with Crippen molar-refractivity contribution in [3.8, 4) is 0 Å². The van der Waals surface area contributed by atoms with Gasteiger partial charge in [0.15, 0.2) is 0 Å². The number of nitrogens with one attached hydrogen (secondary N) is 1. The topological polar surface area (TPSA) is 27.7 Å². The zero-order valence-electron chi connectivity index (χ0n) is 12.6. The second-order valence-electron chi connectivity index (χ2n) is 5.84. The smallest absolute Gasteiger partial charge is 0.0642 e. The molecular weight excluding hydrogens is 250 g/mol. The van der Waals surface area contributed by atoms with Gasteiger partial charge in [0.25, 0.3) is 0 Å². The minimum Gasteiger partial charge on any atom is -0.378 e. The van der Waals surface area contributed by atoms with Gasteiger partial charge in [0.2, 0.25) is 0 Å². The van der Waals surface area contributed by atoms with E-state index in [4.69, 9.17) is 4.74 Å². The number of benzene rings is 1. The number of morpholine rings is 1. The van der Waals surface area contributed by atoms with E-state index in [1.807, 2.05) is 7.05 Å². The Balaban J connectivity index is 1.88. The van der Waals surface area contributed by atoms with E-state index in [1.54, 1.807) is 5.56 Å². The summed E-state index contributed by atoms with van der Waals surface area (Å²) in [6.07, 6.45) is 1.14. The monoisotopic (exact) mass is 275 g/mol. The predicted octanol–water partition coefficient (Wildman–Crippen LogP) is 1.10. The van der Waals surface area contributed by atoms with Gasteiger partial charge in [-0.2, -0.15) is 0 Å². The highest BCUT2D eigenvalue weighted by atomic mass is 16.5. The lowest BCUT2D eigenvalue weighted by atomic mass is 9.92. The van der Waals surface area contributed by atoms with Gasteiger partial charge in [-0.05, 0) is 37.7 Å². The maximum Gasteiger partial charge on any atom is 0.0642 e. The molecule has 0 aliphatic carbocycles. The molecule has 4 heteroatoms. The fraction of sp³-hybridized carbons (Fsp3) is 0.625. The average Bonchev–Trinajstić information content (AvgIpc) is 2.48. The van der Waals surface area contributed by atoms with Gasteiger partial charge in [0.05, 0.1) is 13.2 Å². The van der Waals surface area contributed by atoms with Crippen molar-refractivity contribution in [3.05, 3.63) is 29.3 Å². The minimum atomic E-state index is 0.592. The molecule has 0 spiro atoms. The summed E-state index contributed by atoms with van der Waals surface area (Å²) < 4.78 is 5.48. The largest absolute Gasteiger partial charge is 0.378 e. The lowest BCUT2D eigenvalue weighted by molar-refractivity contribution is 0.122. The SMILES string of the molecule is CNCC1Cc2c(cccc2N2CCOCC2)CN1C. The Morgan fingerprint density at radius 1 is 1.30 bits per heavy atom. The zero-order valence-corrected chi connectivity index (χ0v) is 12.6. The molecule has 1 aromatic carbocycles. The highest BCUT2D eigenvalue weighted by Gasteiger charge is 2.26. The van der Waals surface area contributed by atoms with Crippen molar-refractivity contribution in [1.82, 2.24) is 10.2 Å². The predicted molar refractivity (Wildman–Crippen MR) is 82.4 cm³/mol. The number of likely N-dealkylation sites (N-methyl/N-ethyl adjacent to an activating group) is 2. The number of anilines is 1. The first-order valence-corrected chi connectivity index (χ1v) is 7.58. The molecule has 1 saturated heterocycles. The van der Waals surface area contributed by atoms with Gasteiger partial charge in [-0.15, -0.1) is 0 Å². The van der Waals surface area contributed by atoms with Gasteiger partial charge in [-0.3, -0.25) is 4.90 Å². The summed E-state index contributed by atoms with van der Waals surface area (Å²) in [6.45, 7) is 5.84. The maximum atomic E-state index is 5.48. The molecule has 0 radical (unpaired) electrons. The van der Waals surface area contributed by atoms with E-state index < -0.39 is 0 Å². The molecule has 2 aliphatic rings. The Morgan fingerprint density at radius 2 is 2.10 bits per heavy atom. The van der Waals surface area contributed by atoms with Crippen molar-refractivity contribution in [2.24, 2.45) is 0 Å². The lowest BCUT2D eigenvalue weighted by Crippen LogP contribution is -2.44. The molecule has 4 nitrogen and oxygen atoms in total. The third-order valence-electron chi connectivity index (χ3n) is 4.52. The lowest BCUT2D eigenvalue weighted by Gasteiger charge is -2.38. The molecule has 1 atom stereocenters. The Kier molecular flexibility index (Phi) is 4.24. The van der Waals surface area contributed by atoms with Gasteiger partial charge in [-0.25, -0.2) is 0 Å². The highest BCUT2D eigenvalue weighted by molar-refractivity contribution is 5.58. The number of nitrogens with zero attached hydrogens (tertiary/aromatic N) is 2.